The van der Waals surface area contributed by atoms with E-state index in [4.69, 9.17) is 9.72 Å². The van der Waals surface area contributed by atoms with E-state index in [1.807, 2.05) is 12.1 Å². The maximum Gasteiger partial charge on any atom is 0.126 e. The lowest BCUT2D eigenvalue weighted by Gasteiger charge is -2.14. The lowest BCUT2D eigenvalue weighted by atomic mass is 10.00. The van der Waals surface area contributed by atoms with Crippen molar-refractivity contribution >= 4 is 5.82 Å². The summed E-state index contributed by atoms with van der Waals surface area (Å²) in [5.41, 5.74) is 4.55. The van der Waals surface area contributed by atoms with Crippen molar-refractivity contribution < 1.29 is 4.74 Å². The molecule has 0 bridgehead atoms. The fourth-order valence-corrected chi connectivity index (χ4v) is 2.44. The Balaban J connectivity index is 2.56. The third-order valence-electron chi connectivity index (χ3n) is 3.31. The van der Waals surface area contributed by atoms with Crippen LogP contribution in [-0.2, 0) is 6.42 Å². The van der Waals surface area contributed by atoms with Crippen LogP contribution in [0.25, 0.3) is 11.3 Å². The molecular formula is C17H22N2O. The zero-order chi connectivity index (χ0) is 14.5. The lowest BCUT2D eigenvalue weighted by Crippen LogP contribution is -2.02. The third kappa shape index (κ3) is 2.93. The zero-order valence-corrected chi connectivity index (χ0v) is 12.7. The molecule has 3 nitrogen and oxygen atoms in total. The van der Waals surface area contributed by atoms with E-state index in [1.54, 1.807) is 7.11 Å². The molecule has 0 saturated carbocycles. The van der Waals surface area contributed by atoms with Crippen LogP contribution in [0.5, 0.6) is 5.75 Å². The number of nitrogens with one attached hydrogen (secondary N) is 1. The highest BCUT2D eigenvalue weighted by Crippen LogP contribution is 2.31. The van der Waals surface area contributed by atoms with E-state index in [0.717, 1.165) is 35.8 Å². The molecule has 0 atom stereocenters. The SMILES string of the molecule is CCNc1cc(C)cc(-c2cccc(OC)c2CC)n1. The van der Waals surface area contributed by atoms with Crippen LogP contribution in [0.1, 0.15) is 25.0 Å². The third-order valence-corrected chi connectivity index (χ3v) is 3.31. The molecule has 2 rings (SSSR count). The number of methoxy groups -OCH3 is 1. The summed E-state index contributed by atoms with van der Waals surface area (Å²) in [7, 11) is 1.71. The van der Waals surface area contributed by atoms with Gasteiger partial charge in [-0.25, -0.2) is 4.98 Å². The summed E-state index contributed by atoms with van der Waals surface area (Å²) in [6.07, 6.45) is 0.922. The highest BCUT2D eigenvalue weighted by molar-refractivity contribution is 5.69. The first kappa shape index (κ1) is 14.4. The highest BCUT2D eigenvalue weighted by atomic mass is 16.5. The number of pyridine rings is 1. The fraction of sp³-hybridized carbons (Fsp3) is 0.353. The summed E-state index contributed by atoms with van der Waals surface area (Å²) < 4.78 is 5.46. The maximum absolute atomic E-state index is 5.46. The van der Waals surface area contributed by atoms with Crippen LogP contribution in [0.4, 0.5) is 5.82 Å². The van der Waals surface area contributed by atoms with Crippen LogP contribution < -0.4 is 10.1 Å². The molecule has 3 heteroatoms. The summed E-state index contributed by atoms with van der Waals surface area (Å²) in [4.78, 5) is 4.71. The molecule has 1 aromatic carbocycles. The number of nitrogens with zero attached hydrogens (tertiary/aromatic N) is 1. The first-order valence-corrected chi connectivity index (χ1v) is 7.08. The van der Waals surface area contributed by atoms with Crippen LogP contribution in [0.15, 0.2) is 30.3 Å². The molecule has 0 amide bonds. The van der Waals surface area contributed by atoms with Gasteiger partial charge < -0.3 is 10.1 Å². The van der Waals surface area contributed by atoms with Gasteiger partial charge in [-0.05, 0) is 44.0 Å². The second-order valence-corrected chi connectivity index (χ2v) is 4.79. The van der Waals surface area contributed by atoms with Crippen LogP contribution in [0, 0.1) is 6.92 Å². The summed E-state index contributed by atoms with van der Waals surface area (Å²) in [5.74, 6) is 1.85. The number of hydrogen-bond donors (Lipinski definition) is 1. The number of aryl methyl sites for hydroxylation is 1. The molecular weight excluding hydrogens is 248 g/mol. The van der Waals surface area contributed by atoms with Crippen molar-refractivity contribution in [1.29, 1.82) is 0 Å². The van der Waals surface area contributed by atoms with E-state index < -0.39 is 0 Å². The minimum Gasteiger partial charge on any atom is -0.496 e. The highest BCUT2D eigenvalue weighted by Gasteiger charge is 2.11. The number of hydrogen-bond acceptors (Lipinski definition) is 3. The van der Waals surface area contributed by atoms with E-state index >= 15 is 0 Å². The Kier molecular flexibility index (Phi) is 4.61. The van der Waals surface area contributed by atoms with Crippen molar-refractivity contribution in [2.75, 3.05) is 19.0 Å². The molecule has 0 aliphatic rings. The van der Waals surface area contributed by atoms with Gasteiger partial charge in [-0.15, -0.1) is 0 Å². The van der Waals surface area contributed by atoms with E-state index in [0.29, 0.717) is 0 Å². The number of anilines is 1. The Morgan fingerprint density at radius 1 is 1.20 bits per heavy atom. The molecule has 0 aliphatic carbocycles. The molecule has 20 heavy (non-hydrogen) atoms. The first-order valence-electron chi connectivity index (χ1n) is 7.08. The summed E-state index contributed by atoms with van der Waals surface area (Å²) >= 11 is 0. The molecule has 0 aliphatic heterocycles. The van der Waals surface area contributed by atoms with Crippen molar-refractivity contribution in [1.82, 2.24) is 4.98 Å². The number of ether oxygens (including phenoxy) is 1. The second kappa shape index (κ2) is 6.42. The topological polar surface area (TPSA) is 34.1 Å². The monoisotopic (exact) mass is 270 g/mol. The van der Waals surface area contributed by atoms with Crippen molar-refractivity contribution in [2.24, 2.45) is 0 Å². The largest absolute Gasteiger partial charge is 0.496 e. The van der Waals surface area contributed by atoms with Gasteiger partial charge in [-0.1, -0.05) is 19.1 Å². The Morgan fingerprint density at radius 2 is 2.00 bits per heavy atom. The van der Waals surface area contributed by atoms with E-state index in [1.165, 1.54) is 11.1 Å². The van der Waals surface area contributed by atoms with Gasteiger partial charge in [0.05, 0.1) is 12.8 Å². The lowest BCUT2D eigenvalue weighted by molar-refractivity contribution is 0.410. The van der Waals surface area contributed by atoms with Crippen molar-refractivity contribution in [3.05, 3.63) is 41.5 Å². The second-order valence-electron chi connectivity index (χ2n) is 4.79. The molecule has 0 spiro atoms. The Bertz CT molecular complexity index is 594. The Hall–Kier alpha value is -2.03. The van der Waals surface area contributed by atoms with Crippen molar-refractivity contribution in [2.45, 2.75) is 27.2 Å². The Morgan fingerprint density at radius 3 is 2.65 bits per heavy atom. The first-order chi connectivity index (χ1) is 9.69. The summed E-state index contributed by atoms with van der Waals surface area (Å²) in [6.45, 7) is 7.18. The van der Waals surface area contributed by atoms with Gasteiger partial charge in [0.15, 0.2) is 0 Å². The van der Waals surface area contributed by atoms with Crippen molar-refractivity contribution in [3.63, 3.8) is 0 Å². The molecule has 0 radical (unpaired) electrons. The molecule has 0 unspecified atom stereocenters. The van der Waals surface area contributed by atoms with E-state index in [2.05, 4.69) is 44.3 Å². The maximum atomic E-state index is 5.46. The van der Waals surface area contributed by atoms with Crippen LogP contribution in [-0.4, -0.2) is 18.6 Å². The molecule has 0 fully saturated rings. The van der Waals surface area contributed by atoms with Gasteiger partial charge in [0.2, 0.25) is 0 Å². The fourth-order valence-electron chi connectivity index (χ4n) is 2.44. The van der Waals surface area contributed by atoms with Gasteiger partial charge >= 0.3 is 0 Å². The van der Waals surface area contributed by atoms with Crippen LogP contribution in [0.3, 0.4) is 0 Å². The minimum absolute atomic E-state index is 0.870. The smallest absolute Gasteiger partial charge is 0.126 e. The molecule has 2 aromatic rings. The van der Waals surface area contributed by atoms with Gasteiger partial charge in [-0.3, -0.25) is 0 Å². The molecule has 1 aromatic heterocycles. The van der Waals surface area contributed by atoms with E-state index in [-0.39, 0.29) is 0 Å². The zero-order valence-electron chi connectivity index (χ0n) is 12.7. The van der Waals surface area contributed by atoms with Crippen LogP contribution in [0.2, 0.25) is 0 Å². The molecule has 106 valence electrons. The molecule has 0 saturated heterocycles. The number of rotatable bonds is 5. The number of aromatic nitrogens is 1. The summed E-state index contributed by atoms with van der Waals surface area (Å²) in [6, 6.07) is 10.3. The predicted octanol–water partition coefficient (Wildman–Crippen LogP) is 4.06. The van der Waals surface area contributed by atoms with E-state index in [9.17, 15) is 0 Å². The standard InChI is InChI=1S/C17H22N2O/c1-5-13-14(8-7-9-16(13)20-4)15-10-12(3)11-17(19-15)18-6-2/h7-11H,5-6H2,1-4H3,(H,18,19). The van der Waals surface area contributed by atoms with Gasteiger partial charge in [-0.2, -0.15) is 0 Å². The van der Waals surface area contributed by atoms with Crippen molar-refractivity contribution in [3.8, 4) is 17.0 Å². The van der Waals surface area contributed by atoms with Gasteiger partial charge in [0, 0.05) is 17.7 Å². The Labute approximate surface area is 121 Å². The molecule has 1 N–H and O–H groups in total. The normalized spacial score (nSPS) is 10.4. The average Bonchev–Trinajstić information content (AvgIpc) is 2.46. The quantitative estimate of drug-likeness (QED) is 0.889. The van der Waals surface area contributed by atoms with Gasteiger partial charge in [0.25, 0.3) is 0 Å². The average molecular weight is 270 g/mol. The van der Waals surface area contributed by atoms with Gasteiger partial charge in [0.1, 0.15) is 11.6 Å². The van der Waals surface area contributed by atoms with Crippen LogP contribution >= 0.6 is 0 Å². The number of benzene rings is 1. The summed E-state index contributed by atoms with van der Waals surface area (Å²) in [5, 5.41) is 3.28. The molecule has 1 heterocycles. The predicted molar refractivity (Wildman–Crippen MR) is 84.5 cm³/mol. The minimum atomic E-state index is 0.870.